The van der Waals surface area contributed by atoms with Crippen LogP contribution in [0.2, 0.25) is 0 Å². The first-order chi connectivity index (χ1) is 16.6. The monoisotopic (exact) mass is 454 g/mol. The van der Waals surface area contributed by atoms with Crippen LogP contribution in [0.15, 0.2) is 54.9 Å². The summed E-state index contributed by atoms with van der Waals surface area (Å²) in [5, 5.41) is 11.3. The van der Waals surface area contributed by atoms with Crippen molar-refractivity contribution >= 4 is 16.7 Å². The van der Waals surface area contributed by atoms with Gasteiger partial charge in [-0.2, -0.15) is 5.26 Å². The van der Waals surface area contributed by atoms with Crippen molar-refractivity contribution in [1.82, 2.24) is 14.8 Å². The summed E-state index contributed by atoms with van der Waals surface area (Å²) in [4.78, 5) is 21.6. The van der Waals surface area contributed by atoms with Gasteiger partial charge in [0.1, 0.15) is 11.9 Å². The van der Waals surface area contributed by atoms with Gasteiger partial charge in [0.05, 0.1) is 11.6 Å². The molecular weight excluding hydrogens is 424 g/mol. The standard InChI is InChI=1S/C28H30N4O2/c1-31-11-6-21(7-12-31)28(33)32-13-8-25(9-14-32)34-27-17-24(16-23-5-10-30-19-26(23)27)22-4-2-3-20(15-22)18-29/h2-5,10,15-17,19,21,25H,6-9,11-14H2,1H3. The number of rotatable bonds is 4. The number of nitriles is 1. The van der Waals surface area contributed by atoms with Gasteiger partial charge < -0.3 is 14.5 Å². The SMILES string of the molecule is CN1CCC(C(=O)N2CCC(Oc3cc(-c4cccc(C#N)c4)cc4ccncc34)CC2)CC1. The molecule has 0 N–H and O–H groups in total. The van der Waals surface area contributed by atoms with Crippen molar-refractivity contribution in [2.24, 2.45) is 5.92 Å². The molecule has 3 aromatic rings. The Balaban J connectivity index is 1.31. The van der Waals surface area contributed by atoms with Crippen molar-refractivity contribution in [3.63, 3.8) is 0 Å². The molecule has 2 aromatic carbocycles. The van der Waals surface area contributed by atoms with Gasteiger partial charge in [-0.05, 0) is 79.8 Å². The van der Waals surface area contributed by atoms with Crippen molar-refractivity contribution in [3.05, 3.63) is 60.4 Å². The van der Waals surface area contributed by atoms with Crippen molar-refractivity contribution in [1.29, 1.82) is 5.26 Å². The van der Waals surface area contributed by atoms with E-state index in [-0.39, 0.29) is 12.0 Å². The first-order valence-electron chi connectivity index (χ1n) is 12.1. The van der Waals surface area contributed by atoms with Gasteiger partial charge in [-0.15, -0.1) is 0 Å². The molecule has 2 fully saturated rings. The molecule has 2 aliphatic rings. The number of aromatic nitrogens is 1. The van der Waals surface area contributed by atoms with Crippen LogP contribution < -0.4 is 4.74 Å². The lowest BCUT2D eigenvalue weighted by atomic mass is 9.94. The van der Waals surface area contributed by atoms with Gasteiger partial charge in [0.15, 0.2) is 0 Å². The van der Waals surface area contributed by atoms with Gasteiger partial charge in [0.2, 0.25) is 5.91 Å². The molecule has 0 aliphatic carbocycles. The summed E-state index contributed by atoms with van der Waals surface area (Å²) < 4.78 is 6.53. The molecule has 34 heavy (non-hydrogen) atoms. The molecule has 1 aromatic heterocycles. The third-order valence-corrected chi connectivity index (χ3v) is 7.16. The molecule has 2 saturated heterocycles. The van der Waals surface area contributed by atoms with Crippen LogP contribution in [-0.4, -0.2) is 60.0 Å². The van der Waals surface area contributed by atoms with Gasteiger partial charge in [-0.25, -0.2) is 0 Å². The lowest BCUT2D eigenvalue weighted by Gasteiger charge is -2.36. The maximum absolute atomic E-state index is 13.0. The highest BCUT2D eigenvalue weighted by Gasteiger charge is 2.30. The largest absolute Gasteiger partial charge is 0.490 e. The zero-order valence-corrected chi connectivity index (χ0v) is 19.6. The minimum atomic E-state index is 0.0608. The summed E-state index contributed by atoms with van der Waals surface area (Å²) in [6.45, 7) is 3.50. The Morgan fingerprint density at radius 3 is 2.59 bits per heavy atom. The van der Waals surface area contributed by atoms with E-state index >= 15 is 0 Å². The number of hydrogen-bond donors (Lipinski definition) is 0. The Hall–Kier alpha value is -3.43. The summed E-state index contributed by atoms with van der Waals surface area (Å²) in [5.74, 6) is 1.30. The number of fused-ring (bicyclic) bond motifs is 1. The number of ether oxygens (including phenoxy) is 1. The highest BCUT2D eigenvalue weighted by molar-refractivity contribution is 5.92. The Bertz CT molecular complexity index is 1220. The smallest absolute Gasteiger partial charge is 0.225 e. The van der Waals surface area contributed by atoms with Crippen LogP contribution in [0.1, 0.15) is 31.2 Å². The number of likely N-dealkylation sites (tertiary alicyclic amines) is 2. The fraction of sp³-hybridized carbons (Fsp3) is 0.393. The third kappa shape index (κ3) is 4.76. The highest BCUT2D eigenvalue weighted by atomic mass is 16.5. The fourth-order valence-electron chi connectivity index (χ4n) is 5.08. The Labute approximate surface area is 200 Å². The fourth-order valence-corrected chi connectivity index (χ4v) is 5.08. The van der Waals surface area contributed by atoms with Gasteiger partial charge in [-0.1, -0.05) is 12.1 Å². The van der Waals surface area contributed by atoms with Gasteiger partial charge in [0.25, 0.3) is 0 Å². The summed E-state index contributed by atoms with van der Waals surface area (Å²) >= 11 is 0. The van der Waals surface area contributed by atoms with Crippen LogP contribution >= 0.6 is 0 Å². The number of hydrogen-bond acceptors (Lipinski definition) is 5. The first kappa shape index (κ1) is 22.4. The van der Waals surface area contributed by atoms with Crippen LogP contribution in [0.3, 0.4) is 0 Å². The van der Waals surface area contributed by atoms with Gasteiger partial charge in [0, 0.05) is 49.6 Å². The second kappa shape index (κ2) is 9.82. The maximum Gasteiger partial charge on any atom is 0.225 e. The second-order valence-electron chi connectivity index (χ2n) is 9.48. The normalized spacial score (nSPS) is 18.1. The molecule has 0 bridgehead atoms. The van der Waals surface area contributed by atoms with E-state index < -0.39 is 0 Å². The Kier molecular flexibility index (Phi) is 6.46. The molecule has 6 heteroatoms. The van der Waals surface area contributed by atoms with Crippen LogP contribution in [0.5, 0.6) is 5.75 Å². The molecule has 0 atom stereocenters. The van der Waals surface area contributed by atoms with Crippen LogP contribution in [0.25, 0.3) is 21.9 Å². The van der Waals surface area contributed by atoms with E-state index in [0.717, 1.165) is 79.5 Å². The highest BCUT2D eigenvalue weighted by Crippen LogP contribution is 2.34. The molecule has 3 heterocycles. The molecule has 5 rings (SSSR count). The summed E-state index contributed by atoms with van der Waals surface area (Å²) in [6, 6.07) is 16.0. The van der Waals surface area contributed by atoms with E-state index in [2.05, 4.69) is 35.1 Å². The zero-order valence-electron chi connectivity index (χ0n) is 19.6. The number of benzene rings is 2. The average Bonchev–Trinajstić information content (AvgIpc) is 2.89. The minimum Gasteiger partial charge on any atom is -0.490 e. The van der Waals surface area contributed by atoms with E-state index in [0.29, 0.717) is 11.5 Å². The lowest BCUT2D eigenvalue weighted by Crippen LogP contribution is -2.46. The number of pyridine rings is 1. The van der Waals surface area contributed by atoms with E-state index in [1.54, 1.807) is 6.20 Å². The Morgan fingerprint density at radius 1 is 1.03 bits per heavy atom. The Morgan fingerprint density at radius 2 is 1.82 bits per heavy atom. The quantitative estimate of drug-likeness (QED) is 0.581. The van der Waals surface area contributed by atoms with Crippen molar-refractivity contribution < 1.29 is 9.53 Å². The average molecular weight is 455 g/mol. The number of carbonyl (C=O) groups is 1. The number of piperidine rings is 2. The van der Waals surface area contributed by atoms with Crippen molar-refractivity contribution in [2.45, 2.75) is 31.8 Å². The minimum absolute atomic E-state index is 0.0608. The lowest BCUT2D eigenvalue weighted by molar-refractivity contribution is -0.138. The first-order valence-corrected chi connectivity index (χ1v) is 12.1. The molecule has 6 nitrogen and oxygen atoms in total. The van der Waals surface area contributed by atoms with Crippen molar-refractivity contribution in [2.75, 3.05) is 33.2 Å². The third-order valence-electron chi connectivity index (χ3n) is 7.16. The summed E-state index contributed by atoms with van der Waals surface area (Å²) in [5.41, 5.74) is 2.64. The van der Waals surface area contributed by atoms with E-state index in [1.165, 1.54) is 0 Å². The molecule has 2 aliphatic heterocycles. The van der Waals surface area contributed by atoms with E-state index in [4.69, 9.17) is 4.74 Å². The van der Waals surface area contributed by atoms with E-state index in [9.17, 15) is 10.1 Å². The summed E-state index contributed by atoms with van der Waals surface area (Å²) in [7, 11) is 2.12. The number of amides is 1. The van der Waals surface area contributed by atoms with Gasteiger partial charge >= 0.3 is 0 Å². The van der Waals surface area contributed by atoms with Crippen LogP contribution in [0, 0.1) is 17.2 Å². The predicted octanol–water partition coefficient (Wildman–Crippen LogP) is 4.49. The summed E-state index contributed by atoms with van der Waals surface area (Å²) in [6.07, 6.45) is 7.27. The van der Waals surface area contributed by atoms with Crippen molar-refractivity contribution in [3.8, 4) is 22.9 Å². The van der Waals surface area contributed by atoms with Gasteiger partial charge in [-0.3, -0.25) is 9.78 Å². The molecular formula is C28H30N4O2. The maximum atomic E-state index is 13.0. The van der Waals surface area contributed by atoms with Crippen LogP contribution in [-0.2, 0) is 4.79 Å². The molecule has 0 unspecified atom stereocenters. The topological polar surface area (TPSA) is 69.5 Å². The van der Waals surface area contributed by atoms with Crippen LogP contribution in [0.4, 0.5) is 0 Å². The zero-order chi connectivity index (χ0) is 23.5. The van der Waals surface area contributed by atoms with E-state index in [1.807, 2.05) is 41.4 Å². The molecule has 0 saturated carbocycles. The molecule has 0 radical (unpaired) electrons. The predicted molar refractivity (Wildman–Crippen MR) is 132 cm³/mol. The molecule has 1 amide bonds. The number of nitrogens with zero attached hydrogens (tertiary/aromatic N) is 4. The molecule has 0 spiro atoms. The number of carbonyl (C=O) groups excluding carboxylic acids is 1. The molecule has 174 valence electrons. The second-order valence-corrected chi connectivity index (χ2v) is 9.48.